The number of rotatable bonds is 8. The van der Waals surface area contributed by atoms with Gasteiger partial charge in [-0.05, 0) is 25.8 Å². The quantitative estimate of drug-likeness (QED) is 0.814. The molecular formula is C17H23N3OS. The van der Waals surface area contributed by atoms with Crippen molar-refractivity contribution in [1.29, 1.82) is 0 Å². The molecule has 1 amide bonds. The molecule has 22 heavy (non-hydrogen) atoms. The molecule has 118 valence electrons. The van der Waals surface area contributed by atoms with E-state index < -0.39 is 0 Å². The SMILES string of the molecule is Cc1nc(CN(CCC(N)=O)CCc2ccccc2)sc1C. The fourth-order valence-electron chi connectivity index (χ4n) is 2.27. The van der Waals surface area contributed by atoms with E-state index in [-0.39, 0.29) is 5.91 Å². The van der Waals surface area contributed by atoms with E-state index >= 15 is 0 Å². The molecule has 0 aliphatic rings. The van der Waals surface area contributed by atoms with E-state index in [9.17, 15) is 4.79 Å². The van der Waals surface area contributed by atoms with Gasteiger partial charge in [0.2, 0.25) is 5.91 Å². The zero-order valence-electron chi connectivity index (χ0n) is 13.2. The summed E-state index contributed by atoms with van der Waals surface area (Å²) in [5.41, 5.74) is 7.69. The van der Waals surface area contributed by atoms with Gasteiger partial charge in [0.1, 0.15) is 5.01 Å². The first-order valence-corrected chi connectivity index (χ1v) is 8.33. The van der Waals surface area contributed by atoms with Crippen LogP contribution in [0.25, 0.3) is 0 Å². The molecule has 2 rings (SSSR count). The largest absolute Gasteiger partial charge is 0.370 e. The van der Waals surface area contributed by atoms with Gasteiger partial charge in [0.15, 0.2) is 0 Å². The molecule has 1 heterocycles. The topological polar surface area (TPSA) is 59.2 Å². The van der Waals surface area contributed by atoms with E-state index in [1.54, 1.807) is 11.3 Å². The predicted molar refractivity (Wildman–Crippen MR) is 90.8 cm³/mol. The van der Waals surface area contributed by atoms with Crippen molar-refractivity contribution in [3.05, 3.63) is 51.5 Å². The lowest BCUT2D eigenvalue weighted by Gasteiger charge is -2.20. The third-order valence-electron chi connectivity index (χ3n) is 3.67. The Morgan fingerprint density at radius 1 is 1.23 bits per heavy atom. The van der Waals surface area contributed by atoms with Crippen LogP contribution >= 0.6 is 11.3 Å². The monoisotopic (exact) mass is 317 g/mol. The Hall–Kier alpha value is -1.72. The fourth-order valence-corrected chi connectivity index (χ4v) is 3.24. The van der Waals surface area contributed by atoms with Crippen LogP contribution < -0.4 is 5.73 Å². The molecule has 1 aromatic heterocycles. The maximum absolute atomic E-state index is 11.1. The van der Waals surface area contributed by atoms with Crippen LogP contribution in [0.1, 0.15) is 27.6 Å². The molecule has 0 radical (unpaired) electrons. The predicted octanol–water partition coefficient (Wildman–Crippen LogP) is 2.68. The van der Waals surface area contributed by atoms with Gasteiger partial charge in [0, 0.05) is 24.4 Å². The van der Waals surface area contributed by atoms with Crippen molar-refractivity contribution in [2.45, 2.75) is 33.2 Å². The number of nitrogens with two attached hydrogens (primary N) is 1. The minimum Gasteiger partial charge on any atom is -0.370 e. The molecule has 0 bridgehead atoms. The highest BCUT2D eigenvalue weighted by molar-refractivity contribution is 7.11. The number of carbonyl (C=O) groups excluding carboxylic acids is 1. The maximum Gasteiger partial charge on any atom is 0.218 e. The first-order valence-electron chi connectivity index (χ1n) is 7.52. The van der Waals surface area contributed by atoms with Crippen LogP contribution in [0.4, 0.5) is 0 Å². The van der Waals surface area contributed by atoms with Gasteiger partial charge < -0.3 is 5.73 Å². The van der Waals surface area contributed by atoms with Gasteiger partial charge in [-0.3, -0.25) is 9.69 Å². The Bertz CT molecular complexity index is 590. The molecule has 5 heteroatoms. The summed E-state index contributed by atoms with van der Waals surface area (Å²) in [6.07, 6.45) is 1.35. The van der Waals surface area contributed by atoms with Crippen molar-refractivity contribution in [3.63, 3.8) is 0 Å². The summed E-state index contributed by atoms with van der Waals surface area (Å²) in [5, 5.41) is 1.10. The molecule has 0 aliphatic carbocycles. The van der Waals surface area contributed by atoms with Crippen LogP contribution in [-0.4, -0.2) is 28.9 Å². The van der Waals surface area contributed by atoms with Crippen LogP contribution in [0.15, 0.2) is 30.3 Å². The zero-order chi connectivity index (χ0) is 15.9. The highest BCUT2D eigenvalue weighted by Gasteiger charge is 2.11. The summed E-state index contributed by atoms with van der Waals surface area (Å²) in [6, 6.07) is 10.4. The van der Waals surface area contributed by atoms with E-state index in [2.05, 4.69) is 41.1 Å². The van der Waals surface area contributed by atoms with Crippen molar-refractivity contribution in [2.24, 2.45) is 5.73 Å². The molecule has 2 aromatic rings. The summed E-state index contributed by atoms with van der Waals surface area (Å²) in [4.78, 5) is 19.2. The van der Waals surface area contributed by atoms with E-state index in [0.717, 1.165) is 30.2 Å². The van der Waals surface area contributed by atoms with Crippen LogP contribution in [0.5, 0.6) is 0 Å². The summed E-state index contributed by atoms with van der Waals surface area (Å²) in [6.45, 7) is 6.48. The number of primary amides is 1. The Morgan fingerprint density at radius 3 is 2.55 bits per heavy atom. The second-order valence-electron chi connectivity index (χ2n) is 5.48. The third kappa shape index (κ3) is 5.24. The van der Waals surface area contributed by atoms with E-state index in [4.69, 9.17) is 5.73 Å². The van der Waals surface area contributed by atoms with Gasteiger partial charge in [-0.25, -0.2) is 4.98 Å². The van der Waals surface area contributed by atoms with E-state index in [1.807, 2.05) is 13.0 Å². The van der Waals surface area contributed by atoms with Gasteiger partial charge in [-0.2, -0.15) is 0 Å². The molecule has 1 aromatic carbocycles. The highest BCUT2D eigenvalue weighted by atomic mass is 32.1. The van der Waals surface area contributed by atoms with Crippen LogP contribution in [0, 0.1) is 13.8 Å². The van der Waals surface area contributed by atoms with E-state index in [0.29, 0.717) is 13.0 Å². The van der Waals surface area contributed by atoms with Gasteiger partial charge >= 0.3 is 0 Å². The molecule has 0 unspecified atom stereocenters. The molecule has 0 saturated carbocycles. The summed E-state index contributed by atoms with van der Waals surface area (Å²) >= 11 is 1.73. The highest BCUT2D eigenvalue weighted by Crippen LogP contribution is 2.18. The molecule has 2 N–H and O–H groups in total. The maximum atomic E-state index is 11.1. The normalized spacial score (nSPS) is 11.0. The summed E-state index contributed by atoms with van der Waals surface area (Å²) < 4.78 is 0. The zero-order valence-corrected chi connectivity index (χ0v) is 14.0. The van der Waals surface area contributed by atoms with Crippen molar-refractivity contribution >= 4 is 17.2 Å². The number of carbonyl (C=O) groups is 1. The molecule has 0 spiro atoms. The number of benzene rings is 1. The number of nitrogens with zero attached hydrogens (tertiary/aromatic N) is 2. The minimum absolute atomic E-state index is 0.254. The first kappa shape index (κ1) is 16.6. The number of hydrogen-bond donors (Lipinski definition) is 1. The van der Waals surface area contributed by atoms with Gasteiger partial charge in [0.05, 0.1) is 12.2 Å². The number of thiazole rings is 1. The molecular weight excluding hydrogens is 294 g/mol. The van der Waals surface area contributed by atoms with Crippen molar-refractivity contribution in [2.75, 3.05) is 13.1 Å². The van der Waals surface area contributed by atoms with Crippen LogP contribution in [0.2, 0.25) is 0 Å². The first-order chi connectivity index (χ1) is 10.5. The van der Waals surface area contributed by atoms with Gasteiger partial charge in [0.25, 0.3) is 0 Å². The van der Waals surface area contributed by atoms with E-state index in [1.165, 1.54) is 10.4 Å². The average molecular weight is 317 g/mol. The van der Waals surface area contributed by atoms with Crippen molar-refractivity contribution < 1.29 is 4.79 Å². The second kappa shape index (κ2) is 8.06. The number of hydrogen-bond acceptors (Lipinski definition) is 4. The Balaban J connectivity index is 1.97. The fraction of sp³-hybridized carbons (Fsp3) is 0.412. The standard InChI is InChI=1S/C17H23N3OS/c1-13-14(2)22-17(19-13)12-20(11-9-16(18)21)10-8-15-6-4-3-5-7-15/h3-7H,8-12H2,1-2H3,(H2,18,21). The van der Waals surface area contributed by atoms with Gasteiger partial charge in [-0.1, -0.05) is 30.3 Å². The lowest BCUT2D eigenvalue weighted by molar-refractivity contribution is -0.118. The third-order valence-corrected chi connectivity index (χ3v) is 4.72. The van der Waals surface area contributed by atoms with Crippen LogP contribution in [0.3, 0.4) is 0 Å². The Labute approximate surface area is 136 Å². The summed E-state index contributed by atoms with van der Waals surface area (Å²) in [5.74, 6) is -0.254. The molecule has 0 atom stereocenters. The second-order valence-corrected chi connectivity index (χ2v) is 6.77. The lowest BCUT2D eigenvalue weighted by atomic mass is 10.1. The number of aryl methyl sites for hydroxylation is 2. The number of aromatic nitrogens is 1. The molecule has 0 aliphatic heterocycles. The average Bonchev–Trinajstić information content (AvgIpc) is 2.81. The lowest BCUT2D eigenvalue weighted by Crippen LogP contribution is -2.29. The molecule has 4 nitrogen and oxygen atoms in total. The molecule has 0 fully saturated rings. The Morgan fingerprint density at radius 2 is 1.95 bits per heavy atom. The number of amides is 1. The smallest absolute Gasteiger partial charge is 0.218 e. The Kier molecular flexibility index (Phi) is 6.10. The summed E-state index contributed by atoms with van der Waals surface area (Å²) in [7, 11) is 0. The molecule has 0 saturated heterocycles. The minimum atomic E-state index is -0.254. The van der Waals surface area contributed by atoms with Crippen LogP contribution in [-0.2, 0) is 17.8 Å². The van der Waals surface area contributed by atoms with Crippen molar-refractivity contribution in [1.82, 2.24) is 9.88 Å². The van der Waals surface area contributed by atoms with Gasteiger partial charge in [-0.15, -0.1) is 11.3 Å². The van der Waals surface area contributed by atoms with Crippen molar-refractivity contribution in [3.8, 4) is 0 Å².